The molecule has 19 heavy (non-hydrogen) atoms. The average Bonchev–Trinajstić information content (AvgIpc) is 2.39. The van der Waals surface area contributed by atoms with Gasteiger partial charge in [0.05, 0.1) is 13.2 Å². The maximum Gasteiger partial charge on any atom is 0.333 e. The first-order chi connectivity index (χ1) is 9.18. The monoisotopic (exact) mass is 270 g/mol. The van der Waals surface area contributed by atoms with Gasteiger partial charge in [-0.05, 0) is 32.6 Å². The van der Waals surface area contributed by atoms with Crippen LogP contribution in [-0.4, -0.2) is 39.0 Å². The van der Waals surface area contributed by atoms with Gasteiger partial charge in [0, 0.05) is 25.4 Å². The third-order valence-corrected chi connectivity index (χ3v) is 2.33. The van der Waals surface area contributed by atoms with E-state index in [1.54, 1.807) is 13.0 Å². The van der Waals surface area contributed by atoms with E-state index in [0.717, 1.165) is 38.9 Å². The highest BCUT2D eigenvalue weighted by molar-refractivity contribution is 5.86. The summed E-state index contributed by atoms with van der Waals surface area (Å²) < 4.78 is 15.7. The minimum absolute atomic E-state index is 0.319. The zero-order chi connectivity index (χ0) is 14.3. The Balaban J connectivity index is 3.09. The highest BCUT2D eigenvalue weighted by atomic mass is 16.5. The Bertz CT molecular complexity index is 261. The van der Waals surface area contributed by atoms with E-state index in [-0.39, 0.29) is 5.97 Å². The van der Waals surface area contributed by atoms with Crippen molar-refractivity contribution < 1.29 is 19.0 Å². The summed E-state index contributed by atoms with van der Waals surface area (Å²) in [6, 6.07) is 0. The van der Waals surface area contributed by atoms with Gasteiger partial charge < -0.3 is 14.2 Å². The molecular formula is C15H26O4. The van der Waals surface area contributed by atoms with Crippen molar-refractivity contribution in [3.63, 3.8) is 0 Å². The van der Waals surface area contributed by atoms with Crippen LogP contribution in [0.5, 0.6) is 0 Å². The average molecular weight is 270 g/mol. The van der Waals surface area contributed by atoms with Gasteiger partial charge in [0.15, 0.2) is 0 Å². The molecule has 0 spiro atoms. The number of carbonyl (C=O) groups is 1. The van der Waals surface area contributed by atoms with Crippen molar-refractivity contribution in [1.82, 2.24) is 0 Å². The summed E-state index contributed by atoms with van der Waals surface area (Å²) in [7, 11) is 0. The predicted molar refractivity (Wildman–Crippen MR) is 76.1 cm³/mol. The molecular weight excluding hydrogens is 244 g/mol. The molecule has 0 aromatic rings. The van der Waals surface area contributed by atoms with Crippen LogP contribution in [-0.2, 0) is 19.0 Å². The van der Waals surface area contributed by atoms with Crippen LogP contribution in [0.4, 0.5) is 0 Å². The Kier molecular flexibility index (Phi) is 12.5. The molecule has 0 saturated heterocycles. The molecule has 0 atom stereocenters. The normalized spacial score (nSPS) is 10.2. The lowest BCUT2D eigenvalue weighted by atomic mass is 10.3. The van der Waals surface area contributed by atoms with Crippen LogP contribution in [0.3, 0.4) is 0 Å². The molecule has 0 rings (SSSR count). The Labute approximate surface area is 116 Å². The summed E-state index contributed by atoms with van der Waals surface area (Å²) in [5.41, 5.74) is 0.440. The van der Waals surface area contributed by atoms with Crippen molar-refractivity contribution in [2.75, 3.05) is 33.0 Å². The summed E-state index contributed by atoms with van der Waals surface area (Å²) in [5.74, 6) is -0.319. The molecule has 0 heterocycles. The van der Waals surface area contributed by atoms with Gasteiger partial charge in [-0.25, -0.2) is 4.79 Å². The van der Waals surface area contributed by atoms with Crippen LogP contribution >= 0.6 is 0 Å². The van der Waals surface area contributed by atoms with Crippen molar-refractivity contribution in [2.24, 2.45) is 0 Å². The number of ether oxygens (including phenoxy) is 3. The lowest BCUT2D eigenvalue weighted by Crippen LogP contribution is -2.07. The first-order valence-corrected chi connectivity index (χ1v) is 6.77. The second-order valence-electron chi connectivity index (χ2n) is 4.31. The van der Waals surface area contributed by atoms with E-state index in [9.17, 15) is 4.79 Å². The van der Waals surface area contributed by atoms with Gasteiger partial charge in [0.1, 0.15) is 0 Å². The lowest BCUT2D eigenvalue weighted by Gasteiger charge is -2.06. The van der Waals surface area contributed by atoms with E-state index >= 15 is 0 Å². The molecule has 4 nitrogen and oxygen atoms in total. The van der Waals surface area contributed by atoms with Crippen LogP contribution in [0.1, 0.15) is 32.6 Å². The van der Waals surface area contributed by atoms with Crippen molar-refractivity contribution in [3.8, 4) is 0 Å². The SMILES string of the molecule is C=CCOCCCCOCCCCOC(=O)C(=C)C. The van der Waals surface area contributed by atoms with Gasteiger partial charge in [-0.15, -0.1) is 6.58 Å². The molecule has 0 radical (unpaired) electrons. The van der Waals surface area contributed by atoms with Crippen molar-refractivity contribution in [2.45, 2.75) is 32.6 Å². The number of carbonyl (C=O) groups excluding carboxylic acids is 1. The molecule has 0 bridgehead atoms. The van der Waals surface area contributed by atoms with Gasteiger partial charge in [-0.2, -0.15) is 0 Å². The summed E-state index contributed by atoms with van der Waals surface area (Å²) >= 11 is 0. The van der Waals surface area contributed by atoms with Gasteiger partial charge in [-0.1, -0.05) is 12.7 Å². The molecule has 0 N–H and O–H groups in total. The molecule has 0 aliphatic rings. The fourth-order valence-corrected chi connectivity index (χ4v) is 1.27. The summed E-state index contributed by atoms with van der Waals surface area (Å²) in [4.78, 5) is 11.1. The van der Waals surface area contributed by atoms with Crippen LogP contribution in [0, 0.1) is 0 Å². The highest BCUT2D eigenvalue weighted by Crippen LogP contribution is 1.97. The van der Waals surface area contributed by atoms with Crippen LogP contribution < -0.4 is 0 Å². The fourth-order valence-electron chi connectivity index (χ4n) is 1.27. The third kappa shape index (κ3) is 13.1. The van der Waals surface area contributed by atoms with E-state index in [1.165, 1.54) is 0 Å². The molecule has 0 unspecified atom stereocenters. The van der Waals surface area contributed by atoms with Gasteiger partial charge >= 0.3 is 5.97 Å². The molecule has 0 aliphatic heterocycles. The van der Waals surface area contributed by atoms with Crippen LogP contribution in [0.15, 0.2) is 24.8 Å². The van der Waals surface area contributed by atoms with Crippen molar-refractivity contribution >= 4 is 5.97 Å². The molecule has 0 amide bonds. The second kappa shape index (κ2) is 13.3. The molecule has 110 valence electrons. The third-order valence-electron chi connectivity index (χ3n) is 2.33. The Hall–Kier alpha value is -1.13. The first-order valence-electron chi connectivity index (χ1n) is 6.77. The van der Waals surface area contributed by atoms with Crippen molar-refractivity contribution in [1.29, 1.82) is 0 Å². The molecule has 0 aliphatic carbocycles. The van der Waals surface area contributed by atoms with Gasteiger partial charge in [0.25, 0.3) is 0 Å². The Morgan fingerprint density at radius 3 is 2.05 bits per heavy atom. The summed E-state index contributed by atoms with van der Waals surface area (Å²) in [6.07, 6.45) is 5.47. The molecule has 0 aromatic carbocycles. The Morgan fingerprint density at radius 2 is 1.53 bits per heavy atom. The minimum Gasteiger partial charge on any atom is -0.462 e. The Morgan fingerprint density at radius 1 is 1.00 bits per heavy atom. The molecule has 4 heteroatoms. The number of unbranched alkanes of at least 4 members (excludes halogenated alkanes) is 2. The predicted octanol–water partition coefficient (Wildman–Crippen LogP) is 2.89. The second-order valence-corrected chi connectivity index (χ2v) is 4.31. The van der Waals surface area contributed by atoms with E-state index in [2.05, 4.69) is 13.2 Å². The smallest absolute Gasteiger partial charge is 0.333 e. The molecule has 0 fully saturated rings. The van der Waals surface area contributed by atoms with E-state index in [4.69, 9.17) is 14.2 Å². The zero-order valence-electron chi connectivity index (χ0n) is 12.0. The van der Waals surface area contributed by atoms with E-state index in [0.29, 0.717) is 25.4 Å². The summed E-state index contributed by atoms with van der Waals surface area (Å²) in [5, 5.41) is 0. The lowest BCUT2D eigenvalue weighted by molar-refractivity contribution is -0.139. The van der Waals surface area contributed by atoms with Crippen molar-refractivity contribution in [3.05, 3.63) is 24.8 Å². The number of hydrogen-bond donors (Lipinski definition) is 0. The topological polar surface area (TPSA) is 44.8 Å². The van der Waals surface area contributed by atoms with Crippen LogP contribution in [0.2, 0.25) is 0 Å². The number of hydrogen-bond acceptors (Lipinski definition) is 4. The maximum atomic E-state index is 11.1. The van der Waals surface area contributed by atoms with Gasteiger partial charge in [-0.3, -0.25) is 0 Å². The summed E-state index contributed by atoms with van der Waals surface area (Å²) in [6.45, 7) is 12.0. The first kappa shape index (κ1) is 17.9. The molecule has 0 aromatic heterocycles. The minimum atomic E-state index is -0.319. The standard InChI is InChI=1S/C15H26O4/c1-4-9-17-10-5-6-11-18-12-7-8-13-19-15(16)14(2)3/h4H,1-2,5-13H2,3H3. The zero-order valence-corrected chi connectivity index (χ0v) is 12.0. The quantitative estimate of drug-likeness (QED) is 0.223. The van der Waals surface area contributed by atoms with Gasteiger partial charge in [0.2, 0.25) is 0 Å². The van der Waals surface area contributed by atoms with E-state index in [1.807, 2.05) is 0 Å². The number of esters is 1. The fraction of sp³-hybridized carbons (Fsp3) is 0.667. The number of rotatable bonds is 13. The molecule has 0 saturated carbocycles. The largest absolute Gasteiger partial charge is 0.462 e. The maximum absolute atomic E-state index is 11.1. The highest BCUT2D eigenvalue weighted by Gasteiger charge is 2.01. The van der Waals surface area contributed by atoms with E-state index < -0.39 is 0 Å². The van der Waals surface area contributed by atoms with Crippen LogP contribution in [0.25, 0.3) is 0 Å².